The van der Waals surface area contributed by atoms with Crippen LogP contribution in [0.4, 0.5) is 5.13 Å². The van der Waals surface area contributed by atoms with Crippen LogP contribution < -0.4 is 4.90 Å². The maximum atomic E-state index is 13.6. The summed E-state index contributed by atoms with van der Waals surface area (Å²) < 4.78 is 7.58. The van der Waals surface area contributed by atoms with Crippen LogP contribution in [0.3, 0.4) is 0 Å². The monoisotopic (exact) mass is 452 g/mol. The number of benzene rings is 2. The minimum Gasteiger partial charge on any atom is -0.379 e. The van der Waals surface area contributed by atoms with Crippen LogP contribution in [-0.4, -0.2) is 60.2 Å². The van der Waals surface area contributed by atoms with Gasteiger partial charge in [0.2, 0.25) is 0 Å². The first-order valence-electron chi connectivity index (χ1n) is 10.5. The lowest BCUT2D eigenvalue weighted by Crippen LogP contribution is -2.39. The molecule has 1 amide bonds. The van der Waals surface area contributed by atoms with E-state index in [2.05, 4.69) is 28.9 Å². The number of fused-ring (bicyclic) bond motifs is 2. The lowest BCUT2D eigenvalue weighted by Gasteiger charge is -2.27. The van der Waals surface area contributed by atoms with Crippen LogP contribution in [0.15, 0.2) is 41.9 Å². The van der Waals surface area contributed by atoms with Gasteiger partial charge in [-0.1, -0.05) is 17.4 Å². The molecule has 3 heterocycles. The molecule has 0 N–H and O–H groups in total. The highest BCUT2D eigenvalue weighted by atomic mass is 32.1. The Morgan fingerprint density at radius 2 is 1.97 bits per heavy atom. The first kappa shape index (κ1) is 20.5. The molecular weight excluding hydrogens is 428 g/mol. The van der Waals surface area contributed by atoms with Gasteiger partial charge in [0, 0.05) is 31.7 Å². The van der Waals surface area contributed by atoms with Gasteiger partial charge in [0.25, 0.3) is 5.91 Å². The molecular formula is C23H24N4O2S2. The standard InChI is InChI=1S/C23H24N4O2S2/c1-16-3-5-19-21(13-16)31-23(25-19)27(8-2-7-26-9-11-29-12-10-26)22(28)17-4-6-18-20(14-17)30-15-24-18/h3-6,13-15H,2,7-12H2,1H3. The molecule has 8 heteroatoms. The van der Waals surface area contributed by atoms with E-state index in [-0.39, 0.29) is 5.91 Å². The van der Waals surface area contributed by atoms with E-state index in [0.29, 0.717) is 12.1 Å². The number of carbonyl (C=O) groups excluding carboxylic acids is 1. The van der Waals surface area contributed by atoms with Crippen LogP contribution in [0.1, 0.15) is 22.3 Å². The van der Waals surface area contributed by atoms with Crippen molar-refractivity contribution >= 4 is 54.1 Å². The zero-order valence-corrected chi connectivity index (χ0v) is 19.0. The fourth-order valence-corrected chi connectivity index (χ4v) is 5.64. The Bertz CT molecular complexity index is 1210. The van der Waals surface area contributed by atoms with E-state index in [1.807, 2.05) is 34.7 Å². The molecule has 31 heavy (non-hydrogen) atoms. The highest BCUT2D eigenvalue weighted by molar-refractivity contribution is 7.22. The molecule has 1 fully saturated rings. The molecule has 1 aliphatic heterocycles. The molecule has 2 aromatic carbocycles. The first-order chi connectivity index (χ1) is 15.2. The Morgan fingerprint density at radius 3 is 2.84 bits per heavy atom. The van der Waals surface area contributed by atoms with Crippen molar-refractivity contribution in [3.63, 3.8) is 0 Å². The molecule has 6 nitrogen and oxygen atoms in total. The summed E-state index contributed by atoms with van der Waals surface area (Å²) in [4.78, 5) is 27.0. The van der Waals surface area contributed by atoms with E-state index in [4.69, 9.17) is 9.72 Å². The van der Waals surface area contributed by atoms with Crippen molar-refractivity contribution in [3.05, 3.63) is 53.0 Å². The van der Waals surface area contributed by atoms with E-state index < -0.39 is 0 Å². The van der Waals surface area contributed by atoms with Gasteiger partial charge in [0.15, 0.2) is 5.13 Å². The molecule has 4 aromatic rings. The number of hydrogen-bond donors (Lipinski definition) is 0. The first-order valence-corrected chi connectivity index (χ1v) is 12.2. The Kier molecular flexibility index (Phi) is 5.95. The van der Waals surface area contributed by atoms with Crippen molar-refractivity contribution < 1.29 is 9.53 Å². The molecule has 2 aromatic heterocycles. The van der Waals surface area contributed by atoms with E-state index in [1.165, 1.54) is 5.56 Å². The molecule has 0 atom stereocenters. The maximum absolute atomic E-state index is 13.6. The van der Waals surface area contributed by atoms with Gasteiger partial charge in [-0.15, -0.1) is 11.3 Å². The molecule has 1 aliphatic rings. The normalized spacial score (nSPS) is 15.0. The Balaban J connectivity index is 1.42. The van der Waals surface area contributed by atoms with Crippen LogP contribution in [0, 0.1) is 6.92 Å². The zero-order chi connectivity index (χ0) is 21.2. The topological polar surface area (TPSA) is 58.6 Å². The van der Waals surface area contributed by atoms with Crippen molar-refractivity contribution in [1.82, 2.24) is 14.9 Å². The van der Waals surface area contributed by atoms with Crippen LogP contribution in [0.25, 0.3) is 20.4 Å². The molecule has 0 aliphatic carbocycles. The minimum absolute atomic E-state index is 0.00643. The van der Waals surface area contributed by atoms with E-state index >= 15 is 0 Å². The second-order valence-electron chi connectivity index (χ2n) is 7.77. The lowest BCUT2D eigenvalue weighted by molar-refractivity contribution is 0.0376. The number of aromatic nitrogens is 2. The van der Waals surface area contributed by atoms with Crippen molar-refractivity contribution in [2.24, 2.45) is 0 Å². The number of rotatable bonds is 6. The van der Waals surface area contributed by atoms with Gasteiger partial charge < -0.3 is 4.74 Å². The van der Waals surface area contributed by atoms with Crippen molar-refractivity contribution in [3.8, 4) is 0 Å². The third kappa shape index (κ3) is 4.48. The Labute approximate surface area is 189 Å². The van der Waals surface area contributed by atoms with Gasteiger partial charge in [-0.3, -0.25) is 14.6 Å². The second-order valence-corrected chi connectivity index (χ2v) is 9.66. The largest absolute Gasteiger partial charge is 0.379 e. The Hall–Kier alpha value is -2.39. The highest BCUT2D eigenvalue weighted by Crippen LogP contribution is 2.31. The molecule has 5 rings (SSSR count). The molecule has 1 saturated heterocycles. The quantitative estimate of drug-likeness (QED) is 0.428. The second kappa shape index (κ2) is 9.00. The number of ether oxygens (including phenoxy) is 1. The summed E-state index contributed by atoms with van der Waals surface area (Å²) in [6, 6.07) is 12.0. The summed E-state index contributed by atoms with van der Waals surface area (Å²) in [5, 5.41) is 0.761. The van der Waals surface area contributed by atoms with Gasteiger partial charge >= 0.3 is 0 Å². The number of carbonyl (C=O) groups is 1. The minimum atomic E-state index is -0.00643. The average molecular weight is 453 g/mol. The number of hydrogen-bond acceptors (Lipinski definition) is 7. The van der Waals surface area contributed by atoms with Gasteiger partial charge in [0.1, 0.15) is 0 Å². The van der Waals surface area contributed by atoms with Crippen LogP contribution in [0.5, 0.6) is 0 Å². The molecule has 0 spiro atoms. The number of thiazole rings is 2. The summed E-state index contributed by atoms with van der Waals surface area (Å²) in [6.45, 7) is 7.14. The fraction of sp³-hybridized carbons (Fsp3) is 0.348. The molecule has 0 saturated carbocycles. The van der Waals surface area contributed by atoms with E-state index in [9.17, 15) is 4.79 Å². The average Bonchev–Trinajstić information content (AvgIpc) is 3.42. The van der Waals surface area contributed by atoms with Gasteiger partial charge in [-0.2, -0.15) is 0 Å². The highest BCUT2D eigenvalue weighted by Gasteiger charge is 2.22. The SMILES string of the molecule is Cc1ccc2nc(N(CCCN3CCOCC3)C(=O)c3ccc4ncsc4c3)sc2c1. The third-order valence-corrected chi connectivity index (χ3v) is 7.38. The molecule has 160 valence electrons. The fourth-order valence-electron chi connectivity index (χ4n) is 3.84. The van der Waals surface area contributed by atoms with Gasteiger partial charge in [-0.25, -0.2) is 9.97 Å². The van der Waals surface area contributed by atoms with Crippen molar-refractivity contribution in [2.45, 2.75) is 13.3 Å². The lowest BCUT2D eigenvalue weighted by atomic mass is 10.2. The number of morpholine rings is 1. The summed E-state index contributed by atoms with van der Waals surface area (Å²) >= 11 is 3.14. The summed E-state index contributed by atoms with van der Waals surface area (Å²) in [7, 11) is 0. The number of anilines is 1. The predicted molar refractivity (Wildman–Crippen MR) is 128 cm³/mol. The molecule has 0 unspecified atom stereocenters. The van der Waals surface area contributed by atoms with E-state index in [1.54, 1.807) is 22.7 Å². The summed E-state index contributed by atoms with van der Waals surface area (Å²) in [6.07, 6.45) is 0.892. The number of amides is 1. The van der Waals surface area contributed by atoms with Crippen LogP contribution in [0.2, 0.25) is 0 Å². The number of aryl methyl sites for hydroxylation is 1. The van der Waals surface area contributed by atoms with Gasteiger partial charge in [0.05, 0.1) is 39.2 Å². The zero-order valence-electron chi connectivity index (χ0n) is 17.4. The molecule has 0 bridgehead atoms. The smallest absolute Gasteiger partial charge is 0.260 e. The summed E-state index contributed by atoms with van der Waals surface area (Å²) in [5.41, 5.74) is 5.56. The van der Waals surface area contributed by atoms with Crippen LogP contribution >= 0.6 is 22.7 Å². The number of nitrogens with zero attached hydrogens (tertiary/aromatic N) is 4. The van der Waals surface area contributed by atoms with Crippen LogP contribution in [-0.2, 0) is 4.74 Å². The molecule has 0 radical (unpaired) electrons. The van der Waals surface area contributed by atoms with Crippen molar-refractivity contribution in [2.75, 3.05) is 44.3 Å². The summed E-state index contributed by atoms with van der Waals surface area (Å²) in [5.74, 6) is -0.00643. The Morgan fingerprint density at radius 1 is 1.13 bits per heavy atom. The van der Waals surface area contributed by atoms with E-state index in [0.717, 1.165) is 64.8 Å². The van der Waals surface area contributed by atoms with Gasteiger partial charge in [-0.05, 0) is 49.2 Å². The predicted octanol–water partition coefficient (Wildman–Crippen LogP) is 4.58. The van der Waals surface area contributed by atoms with Crippen molar-refractivity contribution in [1.29, 1.82) is 0 Å². The third-order valence-electron chi connectivity index (χ3n) is 5.55. The maximum Gasteiger partial charge on any atom is 0.260 e.